The van der Waals surface area contributed by atoms with Gasteiger partial charge in [-0.25, -0.2) is 4.79 Å². The van der Waals surface area contributed by atoms with Gasteiger partial charge in [-0.1, -0.05) is 0 Å². The van der Waals surface area contributed by atoms with E-state index in [2.05, 4.69) is 0 Å². The standard InChI is InChI=1S/C12H16O5/c1-8-10(4-11(17-8)12(13)14)7-16-6-9-2-3-15-5-9/h4,9H,2-3,5-7H2,1H3,(H,13,14). The Morgan fingerprint density at radius 3 is 3.06 bits per heavy atom. The van der Waals surface area contributed by atoms with Gasteiger partial charge in [-0.15, -0.1) is 0 Å². The number of ether oxygens (including phenoxy) is 2. The summed E-state index contributed by atoms with van der Waals surface area (Å²) in [5.41, 5.74) is 0.793. The molecule has 0 amide bonds. The molecule has 5 heteroatoms. The second-order valence-electron chi connectivity index (χ2n) is 4.24. The van der Waals surface area contributed by atoms with Crippen molar-refractivity contribution in [2.75, 3.05) is 19.8 Å². The van der Waals surface area contributed by atoms with Crippen LogP contribution in [0.25, 0.3) is 0 Å². The highest BCUT2D eigenvalue weighted by molar-refractivity contribution is 5.84. The Bertz CT molecular complexity index is 390. The van der Waals surface area contributed by atoms with E-state index < -0.39 is 5.97 Å². The minimum atomic E-state index is -1.05. The summed E-state index contributed by atoms with van der Waals surface area (Å²) in [7, 11) is 0. The van der Waals surface area contributed by atoms with Gasteiger partial charge in [-0.05, 0) is 19.4 Å². The predicted octanol–water partition coefficient (Wildman–Crippen LogP) is 1.84. The summed E-state index contributed by atoms with van der Waals surface area (Å²) in [5.74, 6) is -0.0277. The van der Waals surface area contributed by atoms with Crippen LogP contribution in [0.3, 0.4) is 0 Å². The molecule has 1 aliphatic rings. The van der Waals surface area contributed by atoms with E-state index >= 15 is 0 Å². The zero-order valence-electron chi connectivity index (χ0n) is 9.77. The molecule has 2 rings (SSSR count). The minimum absolute atomic E-state index is 0.0368. The van der Waals surface area contributed by atoms with Crippen molar-refractivity contribution >= 4 is 5.97 Å². The summed E-state index contributed by atoms with van der Waals surface area (Å²) < 4.78 is 15.9. The van der Waals surface area contributed by atoms with E-state index in [9.17, 15) is 4.79 Å². The number of carboxylic acids is 1. The third-order valence-electron chi connectivity index (χ3n) is 2.87. The molecule has 1 atom stereocenters. The van der Waals surface area contributed by atoms with E-state index in [0.717, 1.165) is 25.2 Å². The molecule has 0 aromatic carbocycles. The van der Waals surface area contributed by atoms with Gasteiger partial charge in [0.2, 0.25) is 5.76 Å². The first kappa shape index (κ1) is 12.1. The lowest BCUT2D eigenvalue weighted by Crippen LogP contribution is -2.09. The first-order chi connectivity index (χ1) is 8.16. The predicted molar refractivity (Wildman–Crippen MR) is 59.0 cm³/mol. The van der Waals surface area contributed by atoms with Gasteiger partial charge in [0.15, 0.2) is 0 Å². The lowest BCUT2D eigenvalue weighted by atomic mass is 10.1. The lowest BCUT2D eigenvalue weighted by Gasteiger charge is -2.07. The molecule has 94 valence electrons. The number of hydrogen-bond donors (Lipinski definition) is 1. The van der Waals surface area contributed by atoms with Crippen molar-refractivity contribution in [3.63, 3.8) is 0 Å². The third kappa shape index (κ3) is 3.08. The van der Waals surface area contributed by atoms with Crippen LogP contribution in [0.5, 0.6) is 0 Å². The molecule has 1 aromatic rings. The average molecular weight is 240 g/mol. The Hall–Kier alpha value is -1.33. The third-order valence-corrected chi connectivity index (χ3v) is 2.87. The molecular weight excluding hydrogens is 224 g/mol. The largest absolute Gasteiger partial charge is 0.475 e. The molecule has 0 spiro atoms. The van der Waals surface area contributed by atoms with Crippen molar-refractivity contribution in [3.8, 4) is 0 Å². The topological polar surface area (TPSA) is 68.9 Å². The van der Waals surface area contributed by atoms with E-state index in [1.54, 1.807) is 6.92 Å². The van der Waals surface area contributed by atoms with Crippen LogP contribution in [-0.2, 0) is 16.1 Å². The van der Waals surface area contributed by atoms with Crippen LogP contribution in [0.15, 0.2) is 10.5 Å². The highest BCUT2D eigenvalue weighted by atomic mass is 16.5. The number of furan rings is 1. The summed E-state index contributed by atoms with van der Waals surface area (Å²) in [6.07, 6.45) is 1.03. The van der Waals surface area contributed by atoms with Crippen molar-refractivity contribution in [2.45, 2.75) is 20.0 Å². The molecule has 1 N–H and O–H groups in total. The maximum atomic E-state index is 10.7. The van der Waals surface area contributed by atoms with Crippen LogP contribution in [0.1, 0.15) is 28.3 Å². The minimum Gasteiger partial charge on any atom is -0.475 e. The van der Waals surface area contributed by atoms with E-state index in [1.165, 1.54) is 6.07 Å². The summed E-state index contributed by atoms with van der Waals surface area (Å²) in [4.78, 5) is 10.7. The Morgan fingerprint density at radius 1 is 1.65 bits per heavy atom. The van der Waals surface area contributed by atoms with E-state index in [4.69, 9.17) is 19.0 Å². The number of hydrogen-bond acceptors (Lipinski definition) is 4. The van der Waals surface area contributed by atoms with Crippen LogP contribution >= 0.6 is 0 Å². The molecule has 1 aliphatic heterocycles. The molecule has 1 saturated heterocycles. The van der Waals surface area contributed by atoms with E-state index in [1.807, 2.05) is 0 Å². The molecule has 0 radical (unpaired) electrons. The molecule has 17 heavy (non-hydrogen) atoms. The smallest absolute Gasteiger partial charge is 0.371 e. The van der Waals surface area contributed by atoms with Gasteiger partial charge in [-0.2, -0.15) is 0 Å². The quantitative estimate of drug-likeness (QED) is 0.850. The summed E-state index contributed by atoms with van der Waals surface area (Å²) in [6.45, 7) is 4.34. The van der Waals surface area contributed by atoms with Gasteiger partial charge in [0, 0.05) is 18.1 Å². The molecule has 1 aromatic heterocycles. The second-order valence-corrected chi connectivity index (χ2v) is 4.24. The van der Waals surface area contributed by atoms with Crippen LogP contribution in [0.4, 0.5) is 0 Å². The van der Waals surface area contributed by atoms with E-state index in [-0.39, 0.29) is 5.76 Å². The van der Waals surface area contributed by atoms with Gasteiger partial charge in [0.05, 0.1) is 19.8 Å². The fraction of sp³-hybridized carbons (Fsp3) is 0.583. The van der Waals surface area contributed by atoms with E-state index in [0.29, 0.717) is 24.9 Å². The van der Waals surface area contributed by atoms with Gasteiger partial charge in [0.1, 0.15) is 5.76 Å². The Labute approximate surface area is 99.3 Å². The summed E-state index contributed by atoms with van der Waals surface area (Å²) in [6, 6.07) is 1.52. The van der Waals surface area contributed by atoms with Crippen molar-refractivity contribution in [2.24, 2.45) is 5.92 Å². The molecule has 2 heterocycles. The number of rotatable bonds is 5. The van der Waals surface area contributed by atoms with Crippen LogP contribution in [0.2, 0.25) is 0 Å². The molecule has 0 bridgehead atoms. The molecule has 5 nitrogen and oxygen atoms in total. The maximum absolute atomic E-state index is 10.7. The maximum Gasteiger partial charge on any atom is 0.371 e. The van der Waals surface area contributed by atoms with Crippen molar-refractivity contribution < 1.29 is 23.8 Å². The highest BCUT2D eigenvalue weighted by Gasteiger charge is 2.17. The summed E-state index contributed by atoms with van der Waals surface area (Å²) in [5, 5.41) is 8.77. The first-order valence-corrected chi connectivity index (χ1v) is 5.65. The van der Waals surface area contributed by atoms with Gasteiger partial charge in [0.25, 0.3) is 0 Å². The summed E-state index contributed by atoms with van der Waals surface area (Å²) >= 11 is 0. The Kier molecular flexibility index (Phi) is 3.81. The number of aromatic carboxylic acids is 1. The zero-order chi connectivity index (χ0) is 12.3. The van der Waals surface area contributed by atoms with Crippen LogP contribution in [-0.4, -0.2) is 30.9 Å². The fourth-order valence-electron chi connectivity index (χ4n) is 1.82. The highest BCUT2D eigenvalue weighted by Crippen LogP contribution is 2.17. The van der Waals surface area contributed by atoms with Gasteiger partial charge in [-0.3, -0.25) is 0 Å². The average Bonchev–Trinajstić information content (AvgIpc) is 2.89. The molecular formula is C12H16O5. The van der Waals surface area contributed by atoms with Crippen molar-refractivity contribution in [1.82, 2.24) is 0 Å². The van der Waals surface area contributed by atoms with Gasteiger partial charge >= 0.3 is 5.97 Å². The SMILES string of the molecule is Cc1oc(C(=O)O)cc1COCC1CCOC1. The van der Waals surface area contributed by atoms with Crippen molar-refractivity contribution in [1.29, 1.82) is 0 Å². The monoisotopic (exact) mass is 240 g/mol. The second kappa shape index (κ2) is 5.33. The molecule has 1 fully saturated rings. The van der Waals surface area contributed by atoms with Crippen LogP contribution < -0.4 is 0 Å². The molecule has 0 aliphatic carbocycles. The number of aryl methyl sites for hydroxylation is 1. The first-order valence-electron chi connectivity index (χ1n) is 5.65. The lowest BCUT2D eigenvalue weighted by molar-refractivity contribution is 0.0660. The zero-order valence-corrected chi connectivity index (χ0v) is 9.77. The normalized spacial score (nSPS) is 19.7. The van der Waals surface area contributed by atoms with Crippen LogP contribution in [0, 0.1) is 12.8 Å². The molecule has 0 saturated carbocycles. The Balaban J connectivity index is 1.83. The van der Waals surface area contributed by atoms with Gasteiger partial charge < -0.3 is 19.0 Å². The number of carboxylic acid groups (broad SMARTS) is 1. The molecule has 1 unspecified atom stereocenters. The number of carbonyl (C=O) groups is 1. The fourth-order valence-corrected chi connectivity index (χ4v) is 1.82. The Morgan fingerprint density at radius 2 is 2.47 bits per heavy atom. The van der Waals surface area contributed by atoms with Crippen molar-refractivity contribution in [3.05, 3.63) is 23.2 Å².